The van der Waals surface area contributed by atoms with Crippen LogP contribution in [-0.2, 0) is 46.4 Å². The fourth-order valence-corrected chi connectivity index (χ4v) is 8.14. The van der Waals surface area contributed by atoms with Crippen LogP contribution in [0.1, 0.15) is 87.3 Å². The zero-order valence-corrected chi connectivity index (χ0v) is 37.6. The molecule has 1 fully saturated rings. The molecule has 0 bridgehead atoms. The Balaban J connectivity index is 1.19. The van der Waals surface area contributed by atoms with Crippen molar-refractivity contribution < 1.29 is 42.9 Å². The Hall–Kier alpha value is -6.35. The highest BCUT2D eigenvalue weighted by molar-refractivity contribution is 6.12. The van der Waals surface area contributed by atoms with E-state index in [0.717, 1.165) is 26.8 Å². The van der Waals surface area contributed by atoms with E-state index < -0.39 is 47.1 Å². The lowest BCUT2D eigenvalue weighted by Gasteiger charge is -2.34. The van der Waals surface area contributed by atoms with Gasteiger partial charge < -0.3 is 34.9 Å². The average molecular weight is 872 g/mol. The number of piperazine rings is 1. The van der Waals surface area contributed by atoms with E-state index in [0.29, 0.717) is 55.9 Å². The highest BCUT2D eigenvalue weighted by Gasteiger charge is 2.37. The molecule has 336 valence electrons. The molecule has 1 aliphatic carbocycles. The summed E-state index contributed by atoms with van der Waals surface area (Å²) in [5, 5.41) is 3.19. The third kappa shape index (κ3) is 10.2. The second-order valence-electron chi connectivity index (χ2n) is 18.1. The average Bonchev–Trinajstić information content (AvgIpc) is 3.83. The molecule has 0 radical (unpaired) electrons. The molecule has 64 heavy (non-hydrogen) atoms. The first kappa shape index (κ1) is 45.7. The van der Waals surface area contributed by atoms with Gasteiger partial charge >= 0.3 is 18.0 Å². The molecule has 7 rings (SSSR count). The van der Waals surface area contributed by atoms with E-state index in [1.807, 2.05) is 37.3 Å². The van der Waals surface area contributed by atoms with Gasteiger partial charge in [-0.05, 0) is 119 Å². The molecule has 0 saturated carbocycles. The molecular formula is C50H57N5O9. The number of benzene rings is 4. The van der Waals surface area contributed by atoms with Crippen LogP contribution in [-0.4, -0.2) is 89.9 Å². The van der Waals surface area contributed by atoms with E-state index in [-0.39, 0.29) is 36.0 Å². The standard InChI is InChI=1S/C50H57N5O9/c1-8-61-26-25-53-23-24-54(42(56)29-53)34-21-19-31(20-22-34)44(51)43(47(59)62-30-33-14-11-16-36-35-15-10-9-13-32(35)27-37(33)36)45(57)52-39-17-12-18-40-38(39)28-41(46(58)63-49(2,3)4)55(40)48(60)64-50(5,6)7/h9-22,28,43-44H,8,23-27,29-30,51H2,1-7H3,(H,52,57)/t43-,44?/m0/s1. The first-order valence-electron chi connectivity index (χ1n) is 21.7. The summed E-state index contributed by atoms with van der Waals surface area (Å²) in [6.45, 7) is 15.3. The Morgan fingerprint density at radius 1 is 0.828 bits per heavy atom. The normalized spacial score (nSPS) is 15.0. The number of nitrogens with zero attached hydrogens (tertiary/aromatic N) is 3. The summed E-state index contributed by atoms with van der Waals surface area (Å²) in [6.07, 6.45) is -0.141. The summed E-state index contributed by atoms with van der Waals surface area (Å²) >= 11 is 0. The number of carbonyl (C=O) groups is 5. The van der Waals surface area contributed by atoms with Crippen molar-refractivity contribution in [2.75, 3.05) is 49.6 Å². The van der Waals surface area contributed by atoms with Crippen molar-refractivity contribution in [3.05, 3.63) is 119 Å². The predicted octanol–water partition coefficient (Wildman–Crippen LogP) is 7.63. The molecule has 1 aromatic heterocycles. The van der Waals surface area contributed by atoms with Gasteiger partial charge in [-0.25, -0.2) is 14.2 Å². The quantitative estimate of drug-likeness (QED) is 0.0506. The van der Waals surface area contributed by atoms with Gasteiger partial charge in [0, 0.05) is 37.3 Å². The summed E-state index contributed by atoms with van der Waals surface area (Å²) in [6, 6.07) is 26.0. The van der Waals surface area contributed by atoms with Crippen molar-refractivity contribution in [3.63, 3.8) is 0 Å². The second kappa shape index (κ2) is 18.8. The second-order valence-corrected chi connectivity index (χ2v) is 18.1. The van der Waals surface area contributed by atoms with Crippen LogP contribution in [0.25, 0.3) is 22.0 Å². The van der Waals surface area contributed by atoms with Crippen molar-refractivity contribution in [1.29, 1.82) is 0 Å². The van der Waals surface area contributed by atoms with Crippen molar-refractivity contribution >= 4 is 52.1 Å². The zero-order chi connectivity index (χ0) is 45.9. The Morgan fingerprint density at radius 2 is 1.53 bits per heavy atom. The predicted molar refractivity (Wildman–Crippen MR) is 244 cm³/mol. The molecule has 1 unspecified atom stereocenters. The molecule has 2 atom stereocenters. The highest BCUT2D eigenvalue weighted by atomic mass is 16.6. The number of carbonyl (C=O) groups excluding carboxylic acids is 5. The number of hydrogen-bond donors (Lipinski definition) is 2. The number of hydrogen-bond acceptors (Lipinski definition) is 11. The molecule has 4 aromatic carbocycles. The number of fused-ring (bicyclic) bond motifs is 4. The minimum Gasteiger partial charge on any atom is -0.460 e. The van der Waals surface area contributed by atoms with Crippen LogP contribution in [0.2, 0.25) is 0 Å². The lowest BCUT2D eigenvalue weighted by molar-refractivity contribution is -0.153. The van der Waals surface area contributed by atoms with Gasteiger partial charge in [0.2, 0.25) is 11.8 Å². The SMILES string of the molecule is CCOCCN1CCN(c2ccc(C(N)[C@@H](C(=O)Nc3cccc4c3cc(C(=O)OC(C)(C)C)n4C(=O)OC(C)(C)C)C(=O)OCc3cccc4c3Cc3ccccc3-4)cc2)C(=O)C1. The Morgan fingerprint density at radius 3 is 2.23 bits per heavy atom. The summed E-state index contributed by atoms with van der Waals surface area (Å²) in [5.41, 5.74) is 11.8. The van der Waals surface area contributed by atoms with E-state index >= 15 is 0 Å². The number of nitrogens with one attached hydrogen (secondary N) is 1. The van der Waals surface area contributed by atoms with Gasteiger partial charge in [0.25, 0.3) is 0 Å². The van der Waals surface area contributed by atoms with E-state index in [1.165, 1.54) is 11.6 Å². The number of rotatable bonds is 13. The molecular weight excluding hydrogens is 815 g/mol. The third-order valence-corrected chi connectivity index (χ3v) is 11.1. The molecule has 0 spiro atoms. The van der Waals surface area contributed by atoms with E-state index in [4.69, 9.17) is 24.7 Å². The summed E-state index contributed by atoms with van der Waals surface area (Å²) in [7, 11) is 0. The first-order valence-corrected chi connectivity index (χ1v) is 21.7. The molecule has 14 heteroatoms. The Bertz CT molecular complexity index is 2570. The molecule has 3 N–H and O–H groups in total. The molecule has 2 heterocycles. The van der Waals surface area contributed by atoms with Gasteiger partial charge in [-0.15, -0.1) is 0 Å². The van der Waals surface area contributed by atoms with Crippen LogP contribution in [0.4, 0.5) is 16.2 Å². The number of aromatic nitrogens is 1. The Kier molecular flexibility index (Phi) is 13.4. The van der Waals surface area contributed by atoms with Crippen LogP contribution in [0, 0.1) is 5.92 Å². The van der Waals surface area contributed by atoms with E-state index in [9.17, 15) is 24.0 Å². The Labute approximate surface area is 373 Å². The van der Waals surface area contributed by atoms with Gasteiger partial charge in [-0.3, -0.25) is 19.3 Å². The summed E-state index contributed by atoms with van der Waals surface area (Å²) < 4.78 is 23.9. The highest BCUT2D eigenvalue weighted by Crippen LogP contribution is 2.39. The van der Waals surface area contributed by atoms with E-state index in [2.05, 4.69) is 22.3 Å². The van der Waals surface area contributed by atoms with Crippen molar-refractivity contribution in [2.45, 2.75) is 78.7 Å². The maximum atomic E-state index is 14.6. The maximum Gasteiger partial charge on any atom is 0.419 e. The van der Waals surface area contributed by atoms with Gasteiger partial charge in [-0.2, -0.15) is 0 Å². The molecule has 2 amide bonds. The monoisotopic (exact) mass is 871 g/mol. The fraction of sp³-hybridized carbons (Fsp3) is 0.380. The summed E-state index contributed by atoms with van der Waals surface area (Å²) in [4.78, 5) is 73.2. The third-order valence-electron chi connectivity index (χ3n) is 11.1. The number of amides is 2. The van der Waals surface area contributed by atoms with Gasteiger partial charge in [0.05, 0.1) is 30.4 Å². The van der Waals surface area contributed by atoms with Gasteiger partial charge in [0.1, 0.15) is 23.5 Å². The molecule has 1 saturated heterocycles. The number of anilines is 2. The van der Waals surface area contributed by atoms with Crippen molar-refractivity contribution in [3.8, 4) is 11.1 Å². The fourth-order valence-electron chi connectivity index (χ4n) is 8.14. The van der Waals surface area contributed by atoms with Crippen molar-refractivity contribution in [1.82, 2.24) is 9.47 Å². The first-order chi connectivity index (χ1) is 30.4. The minimum atomic E-state index is -1.57. The molecule has 1 aliphatic heterocycles. The largest absolute Gasteiger partial charge is 0.460 e. The number of ether oxygens (including phenoxy) is 4. The lowest BCUT2D eigenvalue weighted by atomic mass is 9.92. The molecule has 14 nitrogen and oxygen atoms in total. The van der Waals surface area contributed by atoms with Gasteiger partial charge in [-0.1, -0.05) is 60.7 Å². The number of nitrogens with two attached hydrogens (primary N) is 1. The van der Waals surface area contributed by atoms with Crippen LogP contribution < -0.4 is 16.0 Å². The zero-order valence-electron chi connectivity index (χ0n) is 37.6. The van der Waals surface area contributed by atoms with E-state index in [1.54, 1.807) is 88.9 Å². The molecule has 2 aliphatic rings. The van der Waals surface area contributed by atoms with Crippen molar-refractivity contribution in [2.24, 2.45) is 11.7 Å². The lowest BCUT2D eigenvalue weighted by Crippen LogP contribution is -2.51. The topological polar surface area (TPSA) is 172 Å². The van der Waals surface area contributed by atoms with Crippen LogP contribution in [0.5, 0.6) is 0 Å². The smallest absolute Gasteiger partial charge is 0.419 e. The minimum absolute atomic E-state index is 0.0550. The van der Waals surface area contributed by atoms with Crippen LogP contribution >= 0.6 is 0 Å². The number of esters is 2. The van der Waals surface area contributed by atoms with Gasteiger partial charge in [0.15, 0.2) is 5.92 Å². The van der Waals surface area contributed by atoms with Crippen LogP contribution in [0.15, 0.2) is 91.0 Å². The molecule has 5 aromatic rings. The maximum absolute atomic E-state index is 14.6. The van der Waals surface area contributed by atoms with Crippen LogP contribution in [0.3, 0.4) is 0 Å². The summed E-state index contributed by atoms with van der Waals surface area (Å²) in [5.74, 6) is -4.03.